The molecule has 2 heterocycles. The Bertz CT molecular complexity index is 1760. The predicted octanol–water partition coefficient (Wildman–Crippen LogP) is 7.34. The van der Waals surface area contributed by atoms with Crippen LogP contribution in [0.15, 0.2) is 67.0 Å². The second kappa shape index (κ2) is 14.1. The third-order valence-corrected chi connectivity index (χ3v) is 9.16. The zero-order valence-electron chi connectivity index (χ0n) is 25.9. The molecule has 0 bridgehead atoms. The van der Waals surface area contributed by atoms with Crippen molar-refractivity contribution in [2.75, 3.05) is 5.32 Å². The van der Waals surface area contributed by atoms with E-state index in [0.29, 0.717) is 29.0 Å². The van der Waals surface area contributed by atoms with E-state index < -0.39 is 38.4 Å². The fraction of sp³-hybridized carbons (Fsp3) is 0.353. The Labute approximate surface area is 283 Å². The Hall–Kier alpha value is -3.85. The summed E-state index contributed by atoms with van der Waals surface area (Å²) in [4.78, 5) is 31.5. The fourth-order valence-electron chi connectivity index (χ4n) is 5.61. The van der Waals surface area contributed by atoms with E-state index in [1.165, 1.54) is 46.9 Å². The SMILES string of the molecule is CC(C)CC(=O)NC(CCC1CC1)(c1cccnc1)c1ccc(F)c(NC(=O)c2c(I)c(C(F)(F)F)nn2-c2cccc(CN)c2)c1. The van der Waals surface area contributed by atoms with Crippen molar-refractivity contribution >= 4 is 40.1 Å². The molecule has 2 aromatic carbocycles. The van der Waals surface area contributed by atoms with Gasteiger partial charge in [0, 0.05) is 30.9 Å². The van der Waals surface area contributed by atoms with Gasteiger partial charge in [-0.1, -0.05) is 51.0 Å². The summed E-state index contributed by atoms with van der Waals surface area (Å²) in [6.07, 6.45) is 2.10. The summed E-state index contributed by atoms with van der Waals surface area (Å²) in [5, 5.41) is 9.46. The van der Waals surface area contributed by atoms with Gasteiger partial charge in [0.1, 0.15) is 11.5 Å². The number of nitrogens with one attached hydrogen (secondary N) is 2. The maximum absolute atomic E-state index is 15.5. The zero-order chi connectivity index (χ0) is 33.9. The highest BCUT2D eigenvalue weighted by Gasteiger charge is 2.41. The van der Waals surface area contributed by atoms with E-state index in [0.717, 1.165) is 23.9 Å². The lowest BCUT2D eigenvalue weighted by Gasteiger charge is -2.37. The molecular formula is C34H35F4IN6O2. The number of benzene rings is 2. The molecule has 248 valence electrons. The van der Waals surface area contributed by atoms with Crippen molar-refractivity contribution in [2.45, 2.75) is 64.2 Å². The normalized spacial score (nSPS) is 14.6. The molecule has 2 amide bonds. The number of aromatic nitrogens is 3. The first-order valence-corrected chi connectivity index (χ1v) is 16.4. The van der Waals surface area contributed by atoms with Gasteiger partial charge in [-0.15, -0.1) is 0 Å². The Morgan fingerprint density at radius 1 is 1.09 bits per heavy atom. The molecule has 2 aromatic heterocycles. The molecule has 0 saturated heterocycles. The maximum Gasteiger partial charge on any atom is 0.436 e. The number of amides is 2. The number of nitrogens with two attached hydrogens (primary N) is 1. The standard InChI is InChI=1S/C34H35F4IN6O2/c1-20(2)15-28(46)43-33(13-12-21-8-9-21,24-6-4-14-41-19-24)23-10-11-26(35)27(17-23)42-32(47)30-29(39)31(34(36,37)38)44-45(30)25-7-3-5-22(16-25)18-40/h3-7,10-11,14,16-17,19-21H,8-9,12-13,15,18,40H2,1-2H3,(H,42,47)(H,43,46). The average molecular weight is 763 g/mol. The summed E-state index contributed by atoms with van der Waals surface area (Å²) >= 11 is 1.43. The van der Waals surface area contributed by atoms with Crippen LogP contribution in [-0.4, -0.2) is 26.6 Å². The number of anilines is 1. The first-order chi connectivity index (χ1) is 22.3. The summed E-state index contributed by atoms with van der Waals surface area (Å²) in [5.41, 5.74) is 4.67. The van der Waals surface area contributed by atoms with E-state index in [4.69, 9.17) is 5.73 Å². The number of halogens is 5. The van der Waals surface area contributed by atoms with E-state index in [1.54, 1.807) is 36.7 Å². The van der Waals surface area contributed by atoms with E-state index in [9.17, 15) is 22.8 Å². The van der Waals surface area contributed by atoms with Crippen molar-refractivity contribution in [2.24, 2.45) is 17.6 Å². The number of hydrogen-bond donors (Lipinski definition) is 3. The molecule has 0 radical (unpaired) electrons. The van der Waals surface area contributed by atoms with E-state index in [1.807, 2.05) is 19.9 Å². The maximum atomic E-state index is 15.5. The molecule has 47 heavy (non-hydrogen) atoms. The van der Waals surface area contributed by atoms with Crippen molar-refractivity contribution in [1.29, 1.82) is 0 Å². The van der Waals surface area contributed by atoms with Crippen molar-refractivity contribution < 1.29 is 27.2 Å². The van der Waals surface area contributed by atoms with E-state index in [-0.39, 0.29) is 36.2 Å². The van der Waals surface area contributed by atoms with E-state index in [2.05, 4.69) is 20.7 Å². The van der Waals surface area contributed by atoms with Crippen LogP contribution in [0.4, 0.5) is 23.2 Å². The number of hydrogen-bond acceptors (Lipinski definition) is 5. The number of alkyl halides is 3. The van der Waals surface area contributed by atoms with Crippen LogP contribution in [0.25, 0.3) is 5.69 Å². The van der Waals surface area contributed by atoms with Gasteiger partial charge in [-0.3, -0.25) is 14.6 Å². The number of carbonyl (C=O) groups is 2. The number of carbonyl (C=O) groups excluding carboxylic acids is 2. The highest BCUT2D eigenvalue weighted by molar-refractivity contribution is 14.1. The molecule has 13 heteroatoms. The summed E-state index contributed by atoms with van der Waals surface area (Å²) < 4.78 is 57.9. The first-order valence-electron chi connectivity index (χ1n) is 15.3. The molecule has 0 spiro atoms. The van der Waals surface area contributed by atoms with Gasteiger partial charge in [-0.2, -0.15) is 18.3 Å². The van der Waals surface area contributed by atoms with Gasteiger partial charge < -0.3 is 16.4 Å². The van der Waals surface area contributed by atoms with Gasteiger partial charge in [-0.05, 0) is 88.7 Å². The minimum atomic E-state index is -4.85. The minimum absolute atomic E-state index is 0.0764. The second-order valence-electron chi connectivity index (χ2n) is 12.2. The quantitative estimate of drug-likeness (QED) is 0.103. The zero-order valence-corrected chi connectivity index (χ0v) is 28.0. The smallest absolute Gasteiger partial charge is 0.342 e. The van der Waals surface area contributed by atoms with E-state index >= 15 is 4.39 Å². The van der Waals surface area contributed by atoms with Crippen molar-refractivity contribution in [3.05, 3.63) is 104 Å². The monoisotopic (exact) mass is 762 g/mol. The number of pyridine rings is 1. The molecule has 1 saturated carbocycles. The Kier molecular flexibility index (Phi) is 10.3. The Balaban J connectivity index is 1.60. The molecule has 1 aliphatic carbocycles. The van der Waals surface area contributed by atoms with Gasteiger partial charge in [0.25, 0.3) is 5.91 Å². The molecule has 1 aliphatic rings. The van der Waals surface area contributed by atoms with Crippen LogP contribution in [0, 0.1) is 21.2 Å². The molecule has 1 atom stereocenters. The molecule has 4 aromatic rings. The largest absolute Gasteiger partial charge is 0.436 e. The lowest BCUT2D eigenvalue weighted by atomic mass is 9.78. The Morgan fingerprint density at radius 3 is 2.49 bits per heavy atom. The van der Waals surface area contributed by atoms with Crippen molar-refractivity contribution in [1.82, 2.24) is 20.1 Å². The van der Waals surface area contributed by atoms with Gasteiger partial charge in [0.05, 0.1) is 20.5 Å². The average Bonchev–Trinajstić information content (AvgIpc) is 3.79. The number of nitrogens with zero attached hydrogens (tertiary/aromatic N) is 3. The van der Waals surface area contributed by atoms with Crippen LogP contribution in [-0.2, 0) is 23.1 Å². The molecule has 1 unspecified atom stereocenters. The third-order valence-electron chi connectivity index (χ3n) is 8.13. The van der Waals surface area contributed by atoms with Crippen LogP contribution < -0.4 is 16.4 Å². The van der Waals surface area contributed by atoms with Crippen LogP contribution >= 0.6 is 22.6 Å². The lowest BCUT2D eigenvalue weighted by Crippen LogP contribution is -2.47. The second-order valence-corrected chi connectivity index (χ2v) is 13.3. The highest BCUT2D eigenvalue weighted by atomic mass is 127. The van der Waals surface area contributed by atoms with Gasteiger partial charge >= 0.3 is 6.18 Å². The molecule has 1 fully saturated rings. The van der Waals surface area contributed by atoms with Crippen molar-refractivity contribution in [3.63, 3.8) is 0 Å². The summed E-state index contributed by atoms with van der Waals surface area (Å²) in [5.74, 6) is -1.43. The van der Waals surface area contributed by atoms with Crippen molar-refractivity contribution in [3.8, 4) is 5.69 Å². The Morgan fingerprint density at radius 2 is 1.85 bits per heavy atom. The van der Waals surface area contributed by atoms with Crippen LogP contribution in [0.3, 0.4) is 0 Å². The topological polar surface area (TPSA) is 115 Å². The summed E-state index contributed by atoms with van der Waals surface area (Å²) in [7, 11) is 0. The molecule has 4 N–H and O–H groups in total. The van der Waals surface area contributed by atoms with Gasteiger partial charge in [0.15, 0.2) is 5.69 Å². The third kappa shape index (κ3) is 7.83. The molecule has 0 aliphatic heterocycles. The molecular weight excluding hydrogens is 727 g/mol. The highest BCUT2D eigenvalue weighted by Crippen LogP contribution is 2.42. The summed E-state index contributed by atoms with van der Waals surface area (Å²) in [6, 6.07) is 14.1. The van der Waals surface area contributed by atoms with Crippen LogP contribution in [0.1, 0.15) is 78.8 Å². The van der Waals surface area contributed by atoms with Crippen LogP contribution in [0.5, 0.6) is 0 Å². The number of rotatable bonds is 12. The fourth-order valence-corrected chi connectivity index (χ4v) is 6.50. The first kappa shape index (κ1) is 34.5. The van der Waals surface area contributed by atoms with Gasteiger partial charge in [0.2, 0.25) is 5.91 Å². The molecule has 5 rings (SSSR count). The minimum Gasteiger partial charge on any atom is -0.342 e. The van der Waals surface area contributed by atoms with Gasteiger partial charge in [-0.25, -0.2) is 9.07 Å². The summed E-state index contributed by atoms with van der Waals surface area (Å²) in [6.45, 7) is 3.98. The lowest BCUT2D eigenvalue weighted by molar-refractivity contribution is -0.142. The van der Waals surface area contributed by atoms with Crippen LogP contribution in [0.2, 0.25) is 0 Å². The molecule has 8 nitrogen and oxygen atoms in total. The predicted molar refractivity (Wildman–Crippen MR) is 178 cm³/mol.